The molecule has 0 atom stereocenters. The van der Waals surface area contributed by atoms with Crippen LogP contribution in [0.15, 0.2) is 78.9 Å². The number of anilines is 2. The maximum Gasteiger partial charge on any atom is 0.257 e. The van der Waals surface area contributed by atoms with Crippen molar-refractivity contribution in [3.63, 3.8) is 0 Å². The Morgan fingerprint density at radius 3 is 2.38 bits per heavy atom. The van der Waals surface area contributed by atoms with Gasteiger partial charge >= 0.3 is 0 Å². The second kappa shape index (κ2) is 11.6. The lowest BCUT2D eigenvalue weighted by molar-refractivity contribution is 0.0977. The van der Waals surface area contributed by atoms with Crippen molar-refractivity contribution in [3.8, 4) is 5.75 Å². The topological polar surface area (TPSA) is 56.8 Å². The van der Waals surface area contributed by atoms with E-state index in [0.29, 0.717) is 17.9 Å². The number of nitrogens with one attached hydrogen (secondary N) is 2. The van der Waals surface area contributed by atoms with Gasteiger partial charge < -0.3 is 15.0 Å². The number of hydrogen-bond acceptors (Lipinski definition) is 5. The molecule has 0 radical (unpaired) electrons. The van der Waals surface area contributed by atoms with Gasteiger partial charge in [0.2, 0.25) is 0 Å². The van der Waals surface area contributed by atoms with Gasteiger partial charge in [0.05, 0.1) is 6.61 Å². The molecule has 1 amide bonds. The Morgan fingerprint density at radius 2 is 1.68 bits per heavy atom. The van der Waals surface area contributed by atoms with Crippen LogP contribution in [0.5, 0.6) is 5.75 Å². The van der Waals surface area contributed by atoms with Gasteiger partial charge in [-0.05, 0) is 67.2 Å². The first-order valence-corrected chi connectivity index (χ1v) is 12.0. The first-order chi connectivity index (χ1) is 16.6. The summed E-state index contributed by atoms with van der Waals surface area (Å²) in [5, 5.41) is 6.07. The zero-order chi connectivity index (χ0) is 23.8. The molecule has 3 aromatic rings. The van der Waals surface area contributed by atoms with Gasteiger partial charge in [0.15, 0.2) is 5.11 Å². The molecule has 6 nitrogen and oxygen atoms in total. The molecule has 2 N–H and O–H groups in total. The summed E-state index contributed by atoms with van der Waals surface area (Å²) in [4.78, 5) is 17.4. The quantitative estimate of drug-likeness (QED) is 0.491. The van der Waals surface area contributed by atoms with E-state index in [9.17, 15) is 4.79 Å². The highest BCUT2D eigenvalue weighted by atomic mass is 32.1. The first kappa shape index (κ1) is 23.7. The molecule has 0 aliphatic carbocycles. The maximum absolute atomic E-state index is 12.5. The minimum Gasteiger partial charge on any atom is -0.494 e. The molecule has 1 fully saturated rings. The van der Waals surface area contributed by atoms with E-state index >= 15 is 0 Å². The van der Waals surface area contributed by atoms with Gasteiger partial charge in [-0.2, -0.15) is 0 Å². The first-order valence-electron chi connectivity index (χ1n) is 11.6. The van der Waals surface area contributed by atoms with Crippen LogP contribution in [-0.4, -0.2) is 48.7 Å². The summed E-state index contributed by atoms with van der Waals surface area (Å²) in [6, 6.07) is 25.8. The van der Waals surface area contributed by atoms with Crippen LogP contribution in [0, 0.1) is 0 Å². The molecule has 0 unspecified atom stereocenters. The Labute approximate surface area is 206 Å². The van der Waals surface area contributed by atoms with E-state index in [-0.39, 0.29) is 11.0 Å². The van der Waals surface area contributed by atoms with E-state index in [4.69, 9.17) is 17.0 Å². The molecular weight excluding hydrogens is 444 g/mol. The average molecular weight is 475 g/mol. The molecule has 34 heavy (non-hydrogen) atoms. The second-order valence-corrected chi connectivity index (χ2v) is 8.57. The van der Waals surface area contributed by atoms with Crippen molar-refractivity contribution >= 4 is 34.6 Å². The molecular formula is C27H30N4O2S. The summed E-state index contributed by atoms with van der Waals surface area (Å²) in [7, 11) is 0. The molecule has 0 spiro atoms. The molecule has 0 bridgehead atoms. The molecule has 4 rings (SSSR count). The normalized spacial score (nSPS) is 13.9. The number of hydrogen-bond donors (Lipinski definition) is 2. The summed E-state index contributed by atoms with van der Waals surface area (Å²) in [5.74, 6) is 0.384. The number of piperazine rings is 1. The smallest absolute Gasteiger partial charge is 0.257 e. The number of benzene rings is 3. The van der Waals surface area contributed by atoms with Crippen LogP contribution < -0.4 is 20.3 Å². The highest BCUT2D eigenvalue weighted by Gasteiger charge is 2.17. The standard InChI is InChI=1S/C27H30N4O2S/c1-2-33-25-10-6-9-22(19-25)26(32)29-27(34)28-23-11-13-24(14-12-23)31-17-15-30(16-18-31)20-21-7-4-3-5-8-21/h3-14,19H,2,15-18,20H2,1H3,(H2,28,29,32,34). The Bertz CT molecular complexity index is 1100. The minimum atomic E-state index is -0.274. The van der Waals surface area contributed by atoms with Crippen molar-refractivity contribution in [2.24, 2.45) is 0 Å². The van der Waals surface area contributed by atoms with Crippen molar-refractivity contribution in [2.45, 2.75) is 13.5 Å². The lowest BCUT2D eigenvalue weighted by atomic mass is 10.2. The van der Waals surface area contributed by atoms with Crippen molar-refractivity contribution < 1.29 is 9.53 Å². The largest absolute Gasteiger partial charge is 0.494 e. The van der Waals surface area contributed by atoms with Crippen LogP contribution in [0.25, 0.3) is 0 Å². The third-order valence-electron chi connectivity index (χ3n) is 5.75. The molecule has 3 aromatic carbocycles. The number of carbonyl (C=O) groups is 1. The molecule has 176 valence electrons. The van der Waals surface area contributed by atoms with E-state index in [2.05, 4.69) is 62.9 Å². The zero-order valence-electron chi connectivity index (χ0n) is 19.4. The van der Waals surface area contributed by atoms with Gasteiger partial charge in [0, 0.05) is 49.7 Å². The minimum absolute atomic E-state index is 0.258. The predicted octanol–water partition coefficient (Wildman–Crippen LogP) is 4.53. The highest BCUT2D eigenvalue weighted by molar-refractivity contribution is 7.80. The summed E-state index contributed by atoms with van der Waals surface area (Å²) >= 11 is 5.33. The van der Waals surface area contributed by atoms with Crippen LogP contribution in [0.4, 0.5) is 11.4 Å². The van der Waals surface area contributed by atoms with Gasteiger partial charge in [0.1, 0.15) is 5.75 Å². The van der Waals surface area contributed by atoms with Crippen molar-refractivity contribution in [3.05, 3.63) is 90.0 Å². The van der Waals surface area contributed by atoms with Crippen LogP contribution in [-0.2, 0) is 6.54 Å². The summed E-state index contributed by atoms with van der Waals surface area (Å²) in [5.41, 5.74) is 3.88. The zero-order valence-corrected chi connectivity index (χ0v) is 20.2. The monoisotopic (exact) mass is 474 g/mol. The van der Waals surface area contributed by atoms with Crippen LogP contribution in [0.3, 0.4) is 0 Å². The van der Waals surface area contributed by atoms with Gasteiger partial charge in [-0.15, -0.1) is 0 Å². The molecule has 0 saturated carbocycles. The highest BCUT2D eigenvalue weighted by Crippen LogP contribution is 2.20. The number of thiocarbonyl (C=S) groups is 1. The Morgan fingerprint density at radius 1 is 0.941 bits per heavy atom. The SMILES string of the molecule is CCOc1cccc(C(=O)NC(=S)Nc2ccc(N3CCN(Cc4ccccc4)CC3)cc2)c1. The van der Waals surface area contributed by atoms with Gasteiger partial charge in [0.25, 0.3) is 5.91 Å². The summed E-state index contributed by atoms with van der Waals surface area (Å²) in [6.07, 6.45) is 0. The van der Waals surface area contributed by atoms with Crippen molar-refractivity contribution in [2.75, 3.05) is 43.0 Å². The van der Waals surface area contributed by atoms with Gasteiger partial charge in [-0.25, -0.2) is 0 Å². The molecule has 1 aliphatic heterocycles. The van der Waals surface area contributed by atoms with E-state index in [0.717, 1.165) is 38.4 Å². The van der Waals surface area contributed by atoms with E-state index in [1.54, 1.807) is 18.2 Å². The van der Waals surface area contributed by atoms with E-state index in [1.165, 1.54) is 11.3 Å². The number of carbonyl (C=O) groups excluding carboxylic acids is 1. The predicted molar refractivity (Wildman–Crippen MR) is 142 cm³/mol. The number of amides is 1. The molecule has 7 heteroatoms. The number of nitrogens with zero attached hydrogens (tertiary/aromatic N) is 2. The van der Waals surface area contributed by atoms with Crippen molar-refractivity contribution in [1.82, 2.24) is 10.2 Å². The molecule has 1 aliphatic rings. The number of ether oxygens (including phenoxy) is 1. The van der Waals surface area contributed by atoms with Crippen molar-refractivity contribution in [1.29, 1.82) is 0 Å². The molecule has 0 aromatic heterocycles. The van der Waals surface area contributed by atoms with Crippen LogP contribution in [0.1, 0.15) is 22.8 Å². The Kier molecular flexibility index (Phi) is 8.12. The lowest BCUT2D eigenvalue weighted by Crippen LogP contribution is -2.45. The third-order valence-corrected chi connectivity index (χ3v) is 5.95. The fraction of sp³-hybridized carbons (Fsp3) is 0.259. The molecule has 1 heterocycles. The maximum atomic E-state index is 12.5. The van der Waals surface area contributed by atoms with Crippen LogP contribution in [0.2, 0.25) is 0 Å². The molecule has 1 saturated heterocycles. The summed E-state index contributed by atoms with van der Waals surface area (Å²) < 4.78 is 5.46. The lowest BCUT2D eigenvalue weighted by Gasteiger charge is -2.36. The Balaban J connectivity index is 1.25. The van der Waals surface area contributed by atoms with E-state index < -0.39 is 0 Å². The van der Waals surface area contributed by atoms with Gasteiger partial charge in [-0.3, -0.25) is 15.0 Å². The van der Waals surface area contributed by atoms with Crippen LogP contribution >= 0.6 is 12.2 Å². The fourth-order valence-corrected chi connectivity index (χ4v) is 4.20. The van der Waals surface area contributed by atoms with E-state index in [1.807, 2.05) is 25.1 Å². The fourth-order valence-electron chi connectivity index (χ4n) is 3.99. The third kappa shape index (κ3) is 6.56. The Hall–Kier alpha value is -3.42. The number of rotatable bonds is 7. The van der Waals surface area contributed by atoms with Gasteiger partial charge in [-0.1, -0.05) is 36.4 Å². The average Bonchev–Trinajstić information content (AvgIpc) is 2.86. The second-order valence-electron chi connectivity index (χ2n) is 8.16. The summed E-state index contributed by atoms with van der Waals surface area (Å²) in [6.45, 7) is 7.51.